The van der Waals surface area contributed by atoms with Crippen molar-refractivity contribution in [1.82, 2.24) is 5.32 Å². The number of rotatable bonds is 6. The molecule has 0 bridgehead atoms. The van der Waals surface area contributed by atoms with Crippen LogP contribution in [0.25, 0.3) is 0 Å². The van der Waals surface area contributed by atoms with E-state index in [2.05, 4.69) is 5.32 Å². The third-order valence-corrected chi connectivity index (χ3v) is 3.95. The lowest BCUT2D eigenvalue weighted by Crippen LogP contribution is -2.57. The molecule has 5 nitrogen and oxygen atoms in total. The van der Waals surface area contributed by atoms with Gasteiger partial charge in [-0.3, -0.25) is 9.59 Å². The number of carboxylic acids is 1. The van der Waals surface area contributed by atoms with Crippen LogP contribution in [0.2, 0.25) is 5.02 Å². The number of benzene rings is 1. The maximum atomic E-state index is 11.9. The van der Waals surface area contributed by atoms with Crippen LogP contribution in [0.3, 0.4) is 0 Å². The van der Waals surface area contributed by atoms with Crippen LogP contribution in [-0.4, -0.2) is 29.1 Å². The molecule has 0 atom stereocenters. The number of aliphatic carboxylic acids is 1. The first-order valence-electron chi connectivity index (χ1n) is 6.49. The van der Waals surface area contributed by atoms with Gasteiger partial charge in [0.2, 0.25) is 0 Å². The minimum atomic E-state index is -1.11. The number of ether oxygens (including phenoxy) is 1. The number of nitrogens with one attached hydrogen (secondary N) is 1. The standard InChI is InChI=1S/C15H20ClNO4/c1-14(2,13(19)20)15(3,4)17-12(18)9-21-11-7-5-6-10(16)8-11/h5-8H,9H2,1-4H3,(H,17,18)(H,19,20). The van der Waals surface area contributed by atoms with Gasteiger partial charge in [0, 0.05) is 5.02 Å². The largest absolute Gasteiger partial charge is 0.484 e. The van der Waals surface area contributed by atoms with Crippen LogP contribution in [0.5, 0.6) is 5.75 Å². The average molecular weight is 314 g/mol. The molecule has 0 aromatic heterocycles. The van der Waals surface area contributed by atoms with Crippen molar-refractivity contribution in [2.75, 3.05) is 6.61 Å². The predicted molar refractivity (Wildman–Crippen MR) is 80.6 cm³/mol. The molecule has 0 radical (unpaired) electrons. The summed E-state index contributed by atoms with van der Waals surface area (Å²) in [6.07, 6.45) is 0. The molecular weight excluding hydrogens is 294 g/mol. The molecule has 0 saturated heterocycles. The Hall–Kier alpha value is -1.75. The molecule has 6 heteroatoms. The molecule has 0 fully saturated rings. The second-order valence-electron chi connectivity index (χ2n) is 5.85. The highest BCUT2D eigenvalue weighted by molar-refractivity contribution is 6.30. The van der Waals surface area contributed by atoms with Gasteiger partial charge in [0.15, 0.2) is 6.61 Å². The highest BCUT2D eigenvalue weighted by Gasteiger charge is 2.44. The Morgan fingerprint density at radius 3 is 2.43 bits per heavy atom. The molecule has 2 N–H and O–H groups in total. The van der Waals surface area contributed by atoms with Gasteiger partial charge in [0.25, 0.3) is 5.91 Å². The van der Waals surface area contributed by atoms with E-state index in [1.807, 2.05) is 0 Å². The minimum Gasteiger partial charge on any atom is -0.484 e. The van der Waals surface area contributed by atoms with Gasteiger partial charge in [-0.15, -0.1) is 0 Å². The summed E-state index contributed by atoms with van der Waals surface area (Å²) in [4.78, 5) is 23.2. The van der Waals surface area contributed by atoms with Crippen LogP contribution in [-0.2, 0) is 9.59 Å². The Labute approximate surface area is 129 Å². The first kappa shape index (κ1) is 17.3. The Morgan fingerprint density at radius 1 is 1.29 bits per heavy atom. The van der Waals surface area contributed by atoms with Crippen LogP contribution in [0.4, 0.5) is 0 Å². The molecule has 0 unspecified atom stereocenters. The Bertz CT molecular complexity index is 540. The third-order valence-electron chi connectivity index (χ3n) is 3.72. The van der Waals surface area contributed by atoms with Gasteiger partial charge in [-0.2, -0.15) is 0 Å². The number of halogens is 1. The molecule has 0 spiro atoms. The first-order chi connectivity index (χ1) is 9.56. The van der Waals surface area contributed by atoms with Crippen LogP contribution in [0.1, 0.15) is 27.7 Å². The van der Waals surface area contributed by atoms with Crippen molar-refractivity contribution in [3.05, 3.63) is 29.3 Å². The minimum absolute atomic E-state index is 0.209. The Morgan fingerprint density at radius 2 is 1.90 bits per heavy atom. The molecule has 21 heavy (non-hydrogen) atoms. The summed E-state index contributed by atoms with van der Waals surface area (Å²) in [6, 6.07) is 6.70. The number of carbonyl (C=O) groups excluding carboxylic acids is 1. The molecule has 0 saturated carbocycles. The smallest absolute Gasteiger partial charge is 0.311 e. The van der Waals surface area contributed by atoms with Gasteiger partial charge in [-0.05, 0) is 45.9 Å². The molecule has 1 amide bonds. The van der Waals surface area contributed by atoms with Gasteiger partial charge in [-0.1, -0.05) is 17.7 Å². The van der Waals surface area contributed by atoms with Crippen molar-refractivity contribution in [1.29, 1.82) is 0 Å². The van der Waals surface area contributed by atoms with E-state index in [1.54, 1.807) is 52.0 Å². The SMILES string of the molecule is CC(C)(NC(=O)COc1cccc(Cl)c1)C(C)(C)C(=O)O. The molecular formula is C15H20ClNO4. The van der Waals surface area contributed by atoms with Crippen LogP contribution >= 0.6 is 11.6 Å². The normalized spacial score (nSPS) is 11.9. The van der Waals surface area contributed by atoms with E-state index in [0.29, 0.717) is 10.8 Å². The van der Waals surface area contributed by atoms with Gasteiger partial charge in [0.1, 0.15) is 5.75 Å². The fraction of sp³-hybridized carbons (Fsp3) is 0.467. The lowest BCUT2D eigenvalue weighted by Gasteiger charge is -2.38. The first-order valence-corrected chi connectivity index (χ1v) is 6.87. The summed E-state index contributed by atoms with van der Waals surface area (Å²) in [5.41, 5.74) is -2.04. The summed E-state index contributed by atoms with van der Waals surface area (Å²) in [5.74, 6) is -0.897. The highest BCUT2D eigenvalue weighted by atomic mass is 35.5. The molecule has 1 aromatic rings. The second-order valence-corrected chi connectivity index (χ2v) is 6.29. The maximum Gasteiger partial charge on any atom is 0.311 e. The van der Waals surface area contributed by atoms with Gasteiger partial charge >= 0.3 is 5.97 Å². The fourth-order valence-electron chi connectivity index (χ4n) is 1.51. The third kappa shape index (κ3) is 4.36. The van der Waals surface area contributed by atoms with Crippen LogP contribution < -0.4 is 10.1 Å². The topological polar surface area (TPSA) is 75.6 Å². The highest BCUT2D eigenvalue weighted by Crippen LogP contribution is 2.30. The van der Waals surface area contributed by atoms with E-state index in [4.69, 9.17) is 16.3 Å². The summed E-state index contributed by atoms with van der Waals surface area (Å²) in [7, 11) is 0. The predicted octanol–water partition coefficient (Wildman–Crippen LogP) is 2.72. The van der Waals surface area contributed by atoms with Gasteiger partial charge < -0.3 is 15.2 Å². The van der Waals surface area contributed by atoms with E-state index in [1.165, 1.54) is 0 Å². The zero-order valence-electron chi connectivity index (χ0n) is 12.6. The molecule has 1 aromatic carbocycles. The zero-order chi connectivity index (χ0) is 16.3. The van der Waals surface area contributed by atoms with Crippen LogP contribution in [0.15, 0.2) is 24.3 Å². The summed E-state index contributed by atoms with van der Waals surface area (Å²) in [6.45, 7) is 6.25. The molecule has 0 aliphatic heterocycles. The molecule has 1 rings (SSSR count). The van der Waals surface area contributed by atoms with Crippen molar-refractivity contribution >= 4 is 23.5 Å². The molecule has 116 valence electrons. The lowest BCUT2D eigenvalue weighted by atomic mass is 9.74. The number of hydrogen-bond acceptors (Lipinski definition) is 3. The number of amides is 1. The van der Waals surface area contributed by atoms with E-state index in [-0.39, 0.29) is 6.61 Å². The van der Waals surface area contributed by atoms with Crippen molar-refractivity contribution in [3.8, 4) is 5.75 Å². The number of carboxylic acid groups (broad SMARTS) is 1. The van der Waals surface area contributed by atoms with E-state index >= 15 is 0 Å². The van der Waals surface area contributed by atoms with Crippen molar-refractivity contribution in [3.63, 3.8) is 0 Å². The maximum absolute atomic E-state index is 11.9. The van der Waals surface area contributed by atoms with Gasteiger partial charge in [-0.25, -0.2) is 0 Å². The van der Waals surface area contributed by atoms with E-state index in [9.17, 15) is 14.7 Å². The lowest BCUT2D eigenvalue weighted by molar-refractivity contribution is -0.152. The molecule has 0 heterocycles. The number of carbonyl (C=O) groups is 2. The van der Waals surface area contributed by atoms with E-state index < -0.39 is 22.8 Å². The zero-order valence-corrected chi connectivity index (χ0v) is 13.3. The molecule has 0 aliphatic carbocycles. The Balaban J connectivity index is 2.63. The summed E-state index contributed by atoms with van der Waals surface area (Å²) >= 11 is 5.82. The summed E-state index contributed by atoms with van der Waals surface area (Å²) in [5, 5.41) is 12.4. The Kier molecular flexibility index (Phi) is 5.23. The number of hydrogen-bond donors (Lipinski definition) is 2. The molecule has 0 aliphatic rings. The van der Waals surface area contributed by atoms with Gasteiger partial charge in [0.05, 0.1) is 11.0 Å². The summed E-state index contributed by atoms with van der Waals surface area (Å²) < 4.78 is 5.32. The van der Waals surface area contributed by atoms with Crippen molar-refractivity contribution < 1.29 is 19.4 Å². The van der Waals surface area contributed by atoms with Crippen molar-refractivity contribution in [2.45, 2.75) is 33.2 Å². The average Bonchev–Trinajstić information content (AvgIpc) is 2.35. The quantitative estimate of drug-likeness (QED) is 0.846. The monoisotopic (exact) mass is 313 g/mol. The second kappa shape index (κ2) is 6.35. The van der Waals surface area contributed by atoms with Crippen LogP contribution in [0, 0.1) is 5.41 Å². The fourth-order valence-corrected chi connectivity index (χ4v) is 1.69. The van der Waals surface area contributed by atoms with E-state index in [0.717, 1.165) is 0 Å². The van der Waals surface area contributed by atoms with Crippen molar-refractivity contribution in [2.24, 2.45) is 5.41 Å².